The smallest absolute Gasteiger partial charge is 0.267 e. The number of benzene rings is 2. The molecule has 0 bridgehead atoms. The minimum absolute atomic E-state index is 0.0660. The maximum Gasteiger partial charge on any atom is 0.267 e. The highest BCUT2D eigenvalue weighted by atomic mass is 16.5. The lowest BCUT2D eigenvalue weighted by Gasteiger charge is -2.32. The topological polar surface area (TPSA) is 67.9 Å². The molecule has 3 rings (SSSR count). The van der Waals surface area contributed by atoms with Crippen LogP contribution in [0.1, 0.15) is 25.0 Å². The molecule has 1 heterocycles. The molecule has 1 N–H and O–H groups in total. The monoisotopic (exact) mass is 368 g/mol. The van der Waals surface area contributed by atoms with E-state index in [1.165, 1.54) is 0 Å². The largest absolute Gasteiger partial charge is 0.483 e. The Balaban J connectivity index is 1.68. The first-order valence-corrected chi connectivity index (χ1v) is 9.01. The summed E-state index contributed by atoms with van der Waals surface area (Å²) in [7, 11) is 0. The van der Waals surface area contributed by atoms with Gasteiger partial charge in [-0.2, -0.15) is 0 Å². The molecule has 1 atom stereocenters. The van der Waals surface area contributed by atoms with Gasteiger partial charge in [0.2, 0.25) is 0 Å². The van der Waals surface area contributed by atoms with Crippen molar-refractivity contribution in [2.24, 2.45) is 0 Å². The zero-order valence-corrected chi connectivity index (χ0v) is 16.0. The Bertz CT molecular complexity index is 878. The molecule has 2 aromatic carbocycles. The third kappa shape index (κ3) is 3.89. The number of rotatable bonds is 5. The first-order chi connectivity index (χ1) is 12.9. The van der Waals surface area contributed by atoms with Gasteiger partial charge in [-0.1, -0.05) is 12.1 Å². The Kier molecular flexibility index (Phi) is 5.35. The van der Waals surface area contributed by atoms with Gasteiger partial charge in [-0.3, -0.25) is 9.59 Å². The predicted octanol–water partition coefficient (Wildman–Crippen LogP) is 3.45. The molecule has 1 aliphatic rings. The van der Waals surface area contributed by atoms with Gasteiger partial charge in [-0.15, -0.1) is 0 Å². The maximum atomic E-state index is 12.2. The second-order valence-electron chi connectivity index (χ2n) is 6.56. The van der Waals surface area contributed by atoms with Crippen LogP contribution >= 0.6 is 0 Å². The average Bonchev–Trinajstić information content (AvgIpc) is 2.64. The van der Waals surface area contributed by atoms with Gasteiger partial charge in [0, 0.05) is 18.3 Å². The van der Waals surface area contributed by atoms with Crippen LogP contribution in [0.25, 0.3) is 0 Å². The van der Waals surface area contributed by atoms with E-state index in [4.69, 9.17) is 9.47 Å². The maximum absolute atomic E-state index is 12.2. The number of anilines is 2. The van der Waals surface area contributed by atoms with Crippen LogP contribution in [0.5, 0.6) is 11.5 Å². The normalized spacial score (nSPS) is 15.8. The van der Waals surface area contributed by atoms with Crippen molar-refractivity contribution in [1.82, 2.24) is 0 Å². The molecule has 0 aliphatic carbocycles. The number of nitrogens with one attached hydrogen (secondary N) is 1. The van der Waals surface area contributed by atoms with Crippen molar-refractivity contribution in [3.8, 4) is 11.5 Å². The Morgan fingerprint density at radius 1 is 1.26 bits per heavy atom. The van der Waals surface area contributed by atoms with E-state index in [0.29, 0.717) is 29.4 Å². The average molecular weight is 368 g/mol. The molecule has 2 aromatic rings. The van der Waals surface area contributed by atoms with Crippen LogP contribution in [0.2, 0.25) is 0 Å². The highest BCUT2D eigenvalue weighted by molar-refractivity contribution is 6.00. The molecule has 6 heteroatoms. The summed E-state index contributed by atoms with van der Waals surface area (Å²) in [6, 6.07) is 11.0. The molecule has 142 valence electrons. The van der Waals surface area contributed by atoms with Crippen LogP contribution in [0.3, 0.4) is 0 Å². The highest BCUT2D eigenvalue weighted by Crippen LogP contribution is 2.36. The van der Waals surface area contributed by atoms with Crippen LogP contribution in [0.4, 0.5) is 11.4 Å². The summed E-state index contributed by atoms with van der Waals surface area (Å²) in [5.74, 6) is 0.953. The van der Waals surface area contributed by atoms with Crippen molar-refractivity contribution in [2.45, 2.75) is 33.8 Å². The number of nitrogens with zero attached hydrogens (tertiary/aromatic N) is 1. The van der Waals surface area contributed by atoms with E-state index in [9.17, 15) is 9.59 Å². The number of fused-ring (bicyclic) bond motifs is 1. The molecular weight excluding hydrogens is 344 g/mol. The van der Waals surface area contributed by atoms with E-state index in [2.05, 4.69) is 5.32 Å². The van der Waals surface area contributed by atoms with Crippen molar-refractivity contribution >= 4 is 23.2 Å². The second kappa shape index (κ2) is 7.70. The van der Waals surface area contributed by atoms with Gasteiger partial charge in [-0.25, -0.2) is 0 Å². The van der Waals surface area contributed by atoms with Crippen LogP contribution in [0.15, 0.2) is 36.4 Å². The number of carbonyl (C=O) groups is 2. The molecule has 0 saturated heterocycles. The van der Waals surface area contributed by atoms with Gasteiger partial charge in [0.25, 0.3) is 11.8 Å². The molecule has 0 spiro atoms. The highest BCUT2D eigenvalue weighted by Gasteiger charge is 2.30. The van der Waals surface area contributed by atoms with Gasteiger partial charge in [-0.05, 0) is 57.0 Å². The van der Waals surface area contributed by atoms with Crippen molar-refractivity contribution in [3.05, 3.63) is 47.5 Å². The molecule has 1 aliphatic heterocycles. The number of likely N-dealkylation sites (N-methyl/N-ethyl adjacent to an activating group) is 1. The molecule has 0 fully saturated rings. The first kappa shape index (κ1) is 18.8. The summed E-state index contributed by atoms with van der Waals surface area (Å²) in [6.07, 6.45) is -0.545. The SMILES string of the molecule is CCN1C(=O)C(C)Oc2cc(NC(=O)COc3cccc(C)c3C)ccc21. The third-order valence-corrected chi connectivity index (χ3v) is 4.68. The van der Waals surface area contributed by atoms with Crippen molar-refractivity contribution < 1.29 is 19.1 Å². The number of carbonyl (C=O) groups excluding carboxylic acids is 2. The molecule has 0 saturated carbocycles. The lowest BCUT2D eigenvalue weighted by atomic mass is 10.1. The molecule has 0 aromatic heterocycles. The van der Waals surface area contributed by atoms with Gasteiger partial charge >= 0.3 is 0 Å². The van der Waals surface area contributed by atoms with E-state index in [1.807, 2.05) is 39.0 Å². The Morgan fingerprint density at radius 3 is 2.78 bits per heavy atom. The number of ether oxygens (including phenoxy) is 2. The lowest BCUT2D eigenvalue weighted by molar-refractivity contribution is -0.125. The first-order valence-electron chi connectivity index (χ1n) is 9.01. The van der Waals surface area contributed by atoms with Crippen LogP contribution in [0, 0.1) is 13.8 Å². The van der Waals surface area contributed by atoms with Gasteiger partial charge in [0.1, 0.15) is 11.5 Å². The molecule has 0 radical (unpaired) electrons. The Labute approximate surface area is 159 Å². The van der Waals surface area contributed by atoms with Crippen molar-refractivity contribution in [3.63, 3.8) is 0 Å². The second-order valence-corrected chi connectivity index (χ2v) is 6.56. The molecule has 27 heavy (non-hydrogen) atoms. The summed E-state index contributed by atoms with van der Waals surface area (Å²) in [4.78, 5) is 26.1. The van der Waals surface area contributed by atoms with E-state index < -0.39 is 6.10 Å². The van der Waals surface area contributed by atoms with Gasteiger partial charge in [0.15, 0.2) is 12.7 Å². The molecular formula is C21H24N2O4. The predicted molar refractivity (Wildman–Crippen MR) is 105 cm³/mol. The summed E-state index contributed by atoms with van der Waals surface area (Å²) in [6.45, 7) is 8.08. The van der Waals surface area contributed by atoms with Gasteiger partial charge < -0.3 is 19.7 Å². The van der Waals surface area contributed by atoms with Gasteiger partial charge in [0.05, 0.1) is 5.69 Å². The lowest BCUT2D eigenvalue weighted by Crippen LogP contribution is -2.44. The summed E-state index contributed by atoms with van der Waals surface area (Å²) in [5.41, 5.74) is 3.45. The fourth-order valence-electron chi connectivity index (χ4n) is 3.04. The van der Waals surface area contributed by atoms with Crippen molar-refractivity contribution in [2.75, 3.05) is 23.4 Å². The summed E-state index contributed by atoms with van der Waals surface area (Å²) < 4.78 is 11.3. The van der Waals surface area contributed by atoms with E-state index in [0.717, 1.165) is 11.1 Å². The quantitative estimate of drug-likeness (QED) is 0.878. The van der Waals surface area contributed by atoms with E-state index in [1.54, 1.807) is 30.0 Å². The number of hydrogen-bond donors (Lipinski definition) is 1. The zero-order chi connectivity index (χ0) is 19.6. The Hall–Kier alpha value is -3.02. The molecule has 6 nitrogen and oxygen atoms in total. The number of amides is 2. The fraction of sp³-hybridized carbons (Fsp3) is 0.333. The number of aryl methyl sites for hydroxylation is 1. The van der Waals surface area contributed by atoms with E-state index >= 15 is 0 Å². The van der Waals surface area contributed by atoms with E-state index in [-0.39, 0.29) is 18.4 Å². The van der Waals surface area contributed by atoms with Crippen molar-refractivity contribution in [1.29, 1.82) is 0 Å². The molecule has 1 unspecified atom stereocenters. The number of hydrogen-bond acceptors (Lipinski definition) is 4. The fourth-order valence-corrected chi connectivity index (χ4v) is 3.04. The molecule has 2 amide bonds. The third-order valence-electron chi connectivity index (χ3n) is 4.68. The van der Waals surface area contributed by atoms with Crippen LogP contribution < -0.4 is 19.7 Å². The summed E-state index contributed by atoms with van der Waals surface area (Å²) >= 11 is 0. The Morgan fingerprint density at radius 2 is 2.04 bits per heavy atom. The zero-order valence-electron chi connectivity index (χ0n) is 16.0. The minimum atomic E-state index is -0.545. The minimum Gasteiger partial charge on any atom is -0.483 e. The van der Waals surface area contributed by atoms with Crippen LogP contribution in [-0.2, 0) is 9.59 Å². The standard InChI is InChI=1S/C21H24N2O4/c1-5-23-17-10-9-16(11-19(17)27-15(4)21(23)25)22-20(24)12-26-18-8-6-7-13(2)14(18)3/h6-11,15H,5,12H2,1-4H3,(H,22,24). The summed E-state index contributed by atoms with van der Waals surface area (Å²) in [5, 5.41) is 2.81. The van der Waals surface area contributed by atoms with Crippen LogP contribution in [-0.4, -0.2) is 31.1 Å².